The van der Waals surface area contributed by atoms with Gasteiger partial charge in [-0.15, -0.1) is 0 Å². The molecule has 1 atom stereocenters. The van der Waals surface area contributed by atoms with Crippen molar-refractivity contribution in [2.45, 2.75) is 62.4 Å². The molecule has 0 aromatic heterocycles. The van der Waals surface area contributed by atoms with Gasteiger partial charge in [0.15, 0.2) is 0 Å². The number of likely N-dealkylation sites (tertiary alicyclic amines) is 1. The van der Waals surface area contributed by atoms with Crippen molar-refractivity contribution in [2.24, 2.45) is 0 Å². The van der Waals surface area contributed by atoms with Crippen LogP contribution in [0.4, 0.5) is 8.78 Å². The zero-order valence-electron chi connectivity index (χ0n) is 23.5. The summed E-state index contributed by atoms with van der Waals surface area (Å²) in [6.45, 7) is 7.47. The number of benzene rings is 1. The van der Waals surface area contributed by atoms with Gasteiger partial charge in [0.2, 0.25) is 15.9 Å². The van der Waals surface area contributed by atoms with E-state index in [4.69, 9.17) is 9.47 Å². The molecule has 3 heterocycles. The first-order valence-electron chi connectivity index (χ1n) is 13.7. The lowest BCUT2D eigenvalue weighted by molar-refractivity contribution is -0.139. The maximum atomic E-state index is 14.4. The number of hydrogen-bond donors (Lipinski definition) is 0. The number of aryl methyl sites for hydroxylation is 2. The summed E-state index contributed by atoms with van der Waals surface area (Å²) in [5.41, 5.74) is 0.969. The number of alkyl halides is 2. The Bertz CT molecular complexity index is 1100. The molecule has 0 radical (unpaired) electrons. The number of nitrogens with zero attached hydrogens (tertiary/aromatic N) is 4. The fourth-order valence-corrected chi connectivity index (χ4v) is 8.11. The zero-order chi connectivity index (χ0) is 28.4. The van der Waals surface area contributed by atoms with Crippen molar-refractivity contribution in [3.8, 4) is 5.75 Å². The quantitative estimate of drug-likeness (QED) is 0.473. The minimum atomic E-state index is -4.08. The largest absolute Gasteiger partial charge is 0.497 e. The highest BCUT2D eigenvalue weighted by atomic mass is 32.2. The van der Waals surface area contributed by atoms with Crippen LogP contribution in [0, 0.1) is 13.8 Å². The van der Waals surface area contributed by atoms with Crippen molar-refractivity contribution < 1.29 is 31.5 Å². The molecule has 9 nitrogen and oxygen atoms in total. The smallest absolute Gasteiger partial charge is 0.251 e. The Kier molecular flexibility index (Phi) is 9.52. The molecule has 39 heavy (non-hydrogen) atoms. The Morgan fingerprint density at radius 2 is 1.64 bits per heavy atom. The Hall–Kier alpha value is -1.86. The van der Waals surface area contributed by atoms with Crippen molar-refractivity contribution in [3.63, 3.8) is 0 Å². The summed E-state index contributed by atoms with van der Waals surface area (Å²) in [7, 11) is -0.443. The van der Waals surface area contributed by atoms with Crippen molar-refractivity contribution in [2.75, 3.05) is 73.2 Å². The van der Waals surface area contributed by atoms with Crippen molar-refractivity contribution >= 4 is 15.9 Å². The Morgan fingerprint density at radius 1 is 1.03 bits per heavy atom. The third-order valence-electron chi connectivity index (χ3n) is 8.28. The van der Waals surface area contributed by atoms with Gasteiger partial charge in [-0.3, -0.25) is 9.69 Å². The molecule has 0 aliphatic carbocycles. The number of ether oxygens (including phenoxy) is 2. The van der Waals surface area contributed by atoms with Gasteiger partial charge in [-0.2, -0.15) is 4.31 Å². The minimum absolute atomic E-state index is 0.0945. The van der Waals surface area contributed by atoms with E-state index in [0.717, 1.165) is 43.3 Å². The first-order chi connectivity index (χ1) is 18.4. The number of piperazine rings is 1. The molecule has 0 N–H and O–H groups in total. The summed E-state index contributed by atoms with van der Waals surface area (Å²) in [6.07, 6.45) is 1.06. The second-order valence-electron chi connectivity index (χ2n) is 11.1. The van der Waals surface area contributed by atoms with E-state index in [0.29, 0.717) is 36.0 Å². The minimum Gasteiger partial charge on any atom is -0.497 e. The van der Waals surface area contributed by atoms with E-state index in [1.165, 1.54) is 7.11 Å². The normalized spacial score (nSPS) is 24.2. The lowest BCUT2D eigenvalue weighted by atomic mass is 10.0. The van der Waals surface area contributed by atoms with Crippen molar-refractivity contribution in [3.05, 3.63) is 23.3 Å². The monoisotopic (exact) mass is 572 g/mol. The average Bonchev–Trinajstić information content (AvgIpc) is 2.88. The molecule has 220 valence electrons. The van der Waals surface area contributed by atoms with Crippen LogP contribution in [-0.4, -0.2) is 125 Å². The number of carbonyl (C=O) groups is 1. The Balaban J connectivity index is 1.35. The Morgan fingerprint density at radius 3 is 2.23 bits per heavy atom. The number of halogens is 2. The molecule has 3 saturated heterocycles. The lowest BCUT2D eigenvalue weighted by Crippen LogP contribution is -2.55. The molecule has 0 unspecified atom stereocenters. The molecule has 0 spiro atoms. The van der Waals surface area contributed by atoms with Gasteiger partial charge < -0.3 is 19.3 Å². The molecule has 0 bridgehead atoms. The Labute approximate surface area is 231 Å². The number of rotatable bonds is 8. The van der Waals surface area contributed by atoms with Crippen LogP contribution in [0.1, 0.15) is 36.8 Å². The van der Waals surface area contributed by atoms with Crippen LogP contribution in [0.15, 0.2) is 17.0 Å². The van der Waals surface area contributed by atoms with Gasteiger partial charge in [-0.25, -0.2) is 17.2 Å². The fraction of sp³-hybridized carbons (Fsp3) is 0.741. The van der Waals surface area contributed by atoms with E-state index in [-0.39, 0.29) is 30.6 Å². The van der Waals surface area contributed by atoms with E-state index >= 15 is 0 Å². The SMILES string of the molecule is COc1cc(C)c(S(=O)(=O)N2CCC(F)(F)C[C@H]2COCC(=O)N2CCN(C3CCN(C)CC3)CC2)c(C)c1. The zero-order valence-corrected chi connectivity index (χ0v) is 24.3. The van der Waals surface area contributed by atoms with Crippen molar-refractivity contribution in [1.82, 2.24) is 19.0 Å². The second-order valence-corrected chi connectivity index (χ2v) is 13.0. The maximum Gasteiger partial charge on any atom is 0.251 e. The predicted octanol–water partition coefficient (Wildman–Crippen LogP) is 2.36. The molecule has 1 amide bonds. The molecule has 3 aliphatic heterocycles. The summed E-state index contributed by atoms with van der Waals surface area (Å²) < 4.78 is 68.1. The van der Waals surface area contributed by atoms with Crippen LogP contribution >= 0.6 is 0 Å². The molecule has 1 aromatic carbocycles. The standard InChI is InChI=1S/C27H42F2N4O5S/c1-20-15-24(37-4)16-21(2)26(20)39(35,36)33-10-7-27(28,29)17-23(33)18-38-19-25(34)32-13-11-31(12-14-32)22-5-8-30(3)9-6-22/h15-16,22-23H,5-14,17-19H2,1-4H3/t23-/m0/s1. The lowest BCUT2D eigenvalue weighted by Gasteiger charge is -2.42. The number of amides is 1. The van der Waals surface area contributed by atoms with Gasteiger partial charge in [-0.1, -0.05) is 0 Å². The van der Waals surface area contributed by atoms with Gasteiger partial charge in [0.05, 0.1) is 24.7 Å². The number of sulfonamides is 1. The van der Waals surface area contributed by atoms with Crippen LogP contribution in [0.5, 0.6) is 5.75 Å². The summed E-state index contributed by atoms with van der Waals surface area (Å²) in [5, 5.41) is 0. The molecular formula is C27H42F2N4O5S. The summed E-state index contributed by atoms with van der Waals surface area (Å²) >= 11 is 0. The molecule has 3 aliphatic rings. The first-order valence-corrected chi connectivity index (χ1v) is 15.2. The van der Waals surface area contributed by atoms with E-state index < -0.39 is 34.8 Å². The molecule has 1 aromatic rings. The number of piperidine rings is 2. The van der Waals surface area contributed by atoms with E-state index in [2.05, 4.69) is 16.8 Å². The molecule has 3 fully saturated rings. The highest BCUT2D eigenvalue weighted by Gasteiger charge is 2.46. The van der Waals surface area contributed by atoms with Crippen LogP contribution in [0.25, 0.3) is 0 Å². The van der Waals surface area contributed by atoms with Crippen LogP contribution in [0.3, 0.4) is 0 Å². The third kappa shape index (κ3) is 7.08. The summed E-state index contributed by atoms with van der Waals surface area (Å²) in [5.74, 6) is -2.67. The van der Waals surface area contributed by atoms with E-state index in [1.54, 1.807) is 30.9 Å². The average molecular weight is 573 g/mol. The van der Waals surface area contributed by atoms with Gasteiger partial charge in [0, 0.05) is 51.6 Å². The highest BCUT2D eigenvalue weighted by Crippen LogP contribution is 2.37. The predicted molar refractivity (Wildman–Crippen MR) is 144 cm³/mol. The molecule has 0 saturated carbocycles. The molecule has 4 rings (SSSR count). The van der Waals surface area contributed by atoms with Gasteiger partial charge in [-0.05, 0) is 70.1 Å². The van der Waals surface area contributed by atoms with Crippen LogP contribution < -0.4 is 4.74 Å². The van der Waals surface area contributed by atoms with Crippen molar-refractivity contribution in [1.29, 1.82) is 0 Å². The summed E-state index contributed by atoms with van der Waals surface area (Å²) in [4.78, 5) is 19.5. The fourth-order valence-electron chi connectivity index (χ4n) is 6.09. The van der Waals surface area contributed by atoms with Crippen LogP contribution in [0.2, 0.25) is 0 Å². The van der Waals surface area contributed by atoms with Gasteiger partial charge >= 0.3 is 0 Å². The number of methoxy groups -OCH3 is 1. The number of hydrogen-bond acceptors (Lipinski definition) is 7. The van der Waals surface area contributed by atoms with E-state index in [1.807, 2.05) is 0 Å². The highest BCUT2D eigenvalue weighted by molar-refractivity contribution is 7.89. The molecular weight excluding hydrogens is 530 g/mol. The van der Waals surface area contributed by atoms with Gasteiger partial charge in [0.1, 0.15) is 12.4 Å². The van der Waals surface area contributed by atoms with E-state index in [9.17, 15) is 22.0 Å². The topological polar surface area (TPSA) is 82.6 Å². The third-order valence-corrected chi connectivity index (χ3v) is 10.5. The molecule has 12 heteroatoms. The number of carbonyl (C=O) groups excluding carboxylic acids is 1. The maximum absolute atomic E-state index is 14.4. The summed E-state index contributed by atoms with van der Waals surface area (Å²) in [6, 6.07) is 2.71. The second kappa shape index (κ2) is 12.3. The first kappa shape index (κ1) is 30.1. The van der Waals surface area contributed by atoms with Crippen LogP contribution in [-0.2, 0) is 19.6 Å². The van der Waals surface area contributed by atoms with Gasteiger partial charge in [0.25, 0.3) is 5.92 Å².